The molecule has 0 aromatic carbocycles. The molecule has 3 heterocycles. The molecule has 1 aliphatic rings. The van der Waals surface area contributed by atoms with Crippen molar-refractivity contribution in [2.24, 2.45) is 7.05 Å². The third kappa shape index (κ3) is 4.63. The molecule has 1 aliphatic heterocycles. The van der Waals surface area contributed by atoms with Crippen molar-refractivity contribution in [3.63, 3.8) is 0 Å². The number of hydrogen-bond acceptors (Lipinski definition) is 7. The molecule has 9 nitrogen and oxygen atoms in total. The van der Waals surface area contributed by atoms with Crippen LogP contribution in [0.25, 0.3) is 0 Å². The lowest BCUT2D eigenvalue weighted by Crippen LogP contribution is -2.46. The summed E-state index contributed by atoms with van der Waals surface area (Å²) in [5.74, 6) is 0.848. The average molecular weight is 400 g/mol. The summed E-state index contributed by atoms with van der Waals surface area (Å²) in [5.41, 5.74) is 0.760. The fourth-order valence-electron chi connectivity index (χ4n) is 3.00. The van der Waals surface area contributed by atoms with Crippen molar-refractivity contribution in [2.75, 3.05) is 30.0 Å². The molecular weight excluding hydrogens is 378 g/mol. The Morgan fingerprint density at radius 1 is 1.35 bits per heavy atom. The first-order chi connectivity index (χ1) is 12.3. The number of aromatic nitrogens is 4. The fraction of sp³-hybridized carbons (Fsp3) is 0.533. The van der Waals surface area contributed by atoms with Crippen molar-refractivity contribution < 1.29 is 8.42 Å². The smallest absolute Gasteiger partial charge is 0.229 e. The van der Waals surface area contributed by atoms with Crippen LogP contribution >= 0.6 is 11.6 Å². The van der Waals surface area contributed by atoms with Crippen LogP contribution < -0.4 is 10.6 Å². The van der Waals surface area contributed by atoms with E-state index in [2.05, 4.69) is 25.7 Å². The Morgan fingerprint density at radius 3 is 2.85 bits per heavy atom. The Kier molecular flexibility index (Phi) is 5.64. The first kappa shape index (κ1) is 18.9. The van der Waals surface area contributed by atoms with Gasteiger partial charge in [0.25, 0.3) is 0 Å². The Bertz CT molecular complexity index is 871. The number of sulfonamides is 1. The number of rotatable bonds is 6. The van der Waals surface area contributed by atoms with Gasteiger partial charge in [-0.3, -0.25) is 4.68 Å². The summed E-state index contributed by atoms with van der Waals surface area (Å²) in [6.45, 7) is 0.993. The van der Waals surface area contributed by atoms with Gasteiger partial charge < -0.3 is 10.6 Å². The summed E-state index contributed by atoms with van der Waals surface area (Å²) >= 11 is 6.18. The first-order valence-corrected chi connectivity index (χ1v) is 10.5. The lowest BCUT2D eigenvalue weighted by molar-refractivity contribution is 0.263. The van der Waals surface area contributed by atoms with Crippen molar-refractivity contribution in [3.8, 4) is 0 Å². The van der Waals surface area contributed by atoms with Crippen molar-refractivity contribution >= 4 is 39.1 Å². The van der Waals surface area contributed by atoms with Crippen LogP contribution in [0.3, 0.4) is 0 Å². The molecule has 0 spiro atoms. The molecular formula is C15H22ClN7O2S. The average Bonchev–Trinajstić information content (AvgIpc) is 2.99. The number of anilines is 3. The maximum absolute atomic E-state index is 12.0. The zero-order chi connectivity index (χ0) is 18.7. The van der Waals surface area contributed by atoms with Gasteiger partial charge in [0, 0.05) is 32.4 Å². The van der Waals surface area contributed by atoms with E-state index in [4.69, 9.17) is 11.6 Å². The van der Waals surface area contributed by atoms with Crippen LogP contribution in [0.1, 0.15) is 19.3 Å². The third-order valence-corrected chi connectivity index (χ3v) is 5.82. The van der Waals surface area contributed by atoms with Gasteiger partial charge in [0.1, 0.15) is 5.02 Å². The second-order valence-electron chi connectivity index (χ2n) is 6.32. The van der Waals surface area contributed by atoms with Crippen molar-refractivity contribution in [1.82, 2.24) is 24.1 Å². The summed E-state index contributed by atoms with van der Waals surface area (Å²) in [7, 11) is -1.41. The molecule has 0 bridgehead atoms. The summed E-state index contributed by atoms with van der Waals surface area (Å²) in [6.07, 6.45) is 8.92. The minimum atomic E-state index is -3.23. The SMILES string of the molecule is Cn1cc(Nc2ncc(Cl)c(NC[C@@H]3CCCCN3S(C)(=O)=O)n2)cn1. The van der Waals surface area contributed by atoms with E-state index in [1.54, 1.807) is 21.4 Å². The quantitative estimate of drug-likeness (QED) is 0.763. The van der Waals surface area contributed by atoms with E-state index in [-0.39, 0.29) is 6.04 Å². The highest BCUT2D eigenvalue weighted by Crippen LogP contribution is 2.24. The van der Waals surface area contributed by atoms with E-state index in [1.807, 2.05) is 7.05 Å². The number of nitrogens with one attached hydrogen (secondary N) is 2. The highest BCUT2D eigenvalue weighted by molar-refractivity contribution is 7.88. The first-order valence-electron chi connectivity index (χ1n) is 8.32. The molecule has 0 amide bonds. The van der Waals surface area contributed by atoms with Gasteiger partial charge in [-0.1, -0.05) is 18.0 Å². The summed E-state index contributed by atoms with van der Waals surface area (Å²) in [5, 5.41) is 10.7. The third-order valence-electron chi connectivity index (χ3n) is 4.21. The van der Waals surface area contributed by atoms with Crippen LogP contribution in [0.15, 0.2) is 18.6 Å². The van der Waals surface area contributed by atoms with Crippen LogP contribution in [0.5, 0.6) is 0 Å². The number of aryl methyl sites for hydroxylation is 1. The predicted molar refractivity (Wildman–Crippen MR) is 101 cm³/mol. The molecule has 0 radical (unpaired) electrons. The topological polar surface area (TPSA) is 105 Å². The van der Waals surface area contributed by atoms with Crippen LogP contribution in [-0.2, 0) is 17.1 Å². The van der Waals surface area contributed by atoms with Crippen LogP contribution in [0.2, 0.25) is 5.02 Å². The molecule has 1 fully saturated rings. The number of piperidine rings is 1. The van der Waals surface area contributed by atoms with E-state index in [9.17, 15) is 8.42 Å². The fourth-order valence-corrected chi connectivity index (χ4v) is 4.34. The molecule has 2 N–H and O–H groups in total. The van der Waals surface area contributed by atoms with Crippen molar-refractivity contribution in [1.29, 1.82) is 0 Å². The van der Waals surface area contributed by atoms with E-state index in [0.717, 1.165) is 24.9 Å². The van der Waals surface area contributed by atoms with Gasteiger partial charge in [0.2, 0.25) is 16.0 Å². The molecule has 142 valence electrons. The molecule has 3 rings (SSSR count). The Balaban J connectivity index is 1.69. The largest absolute Gasteiger partial charge is 0.367 e. The zero-order valence-electron chi connectivity index (χ0n) is 14.7. The second kappa shape index (κ2) is 7.77. The molecule has 2 aromatic rings. The van der Waals surface area contributed by atoms with Crippen LogP contribution in [0, 0.1) is 0 Å². The van der Waals surface area contributed by atoms with Gasteiger partial charge in [-0.05, 0) is 12.8 Å². The van der Waals surface area contributed by atoms with Crippen molar-refractivity contribution in [2.45, 2.75) is 25.3 Å². The van der Waals surface area contributed by atoms with E-state index >= 15 is 0 Å². The van der Waals surface area contributed by atoms with E-state index in [0.29, 0.717) is 29.9 Å². The number of hydrogen-bond donors (Lipinski definition) is 2. The molecule has 11 heteroatoms. The molecule has 0 saturated carbocycles. The number of nitrogens with zero attached hydrogens (tertiary/aromatic N) is 5. The Hall–Kier alpha value is -1.91. The van der Waals surface area contributed by atoms with Gasteiger partial charge in [-0.15, -0.1) is 0 Å². The predicted octanol–water partition coefficient (Wildman–Crippen LogP) is 1.83. The van der Waals surface area contributed by atoms with Crippen LogP contribution in [-0.4, -0.2) is 57.9 Å². The van der Waals surface area contributed by atoms with Gasteiger partial charge in [-0.25, -0.2) is 13.4 Å². The van der Waals surface area contributed by atoms with Gasteiger partial charge in [0.05, 0.1) is 24.3 Å². The lowest BCUT2D eigenvalue weighted by Gasteiger charge is -2.33. The molecule has 2 aromatic heterocycles. The lowest BCUT2D eigenvalue weighted by atomic mass is 10.1. The maximum atomic E-state index is 12.0. The molecule has 0 aliphatic carbocycles. The molecule has 1 atom stereocenters. The maximum Gasteiger partial charge on any atom is 0.229 e. The zero-order valence-corrected chi connectivity index (χ0v) is 16.3. The van der Waals surface area contributed by atoms with Crippen molar-refractivity contribution in [3.05, 3.63) is 23.6 Å². The summed E-state index contributed by atoms with van der Waals surface area (Å²) in [6, 6.07) is -0.112. The van der Waals surface area contributed by atoms with E-state index < -0.39 is 10.0 Å². The molecule has 26 heavy (non-hydrogen) atoms. The minimum Gasteiger partial charge on any atom is -0.367 e. The Morgan fingerprint density at radius 2 is 2.15 bits per heavy atom. The highest BCUT2D eigenvalue weighted by Gasteiger charge is 2.29. The number of halogens is 1. The normalized spacial score (nSPS) is 18.7. The van der Waals surface area contributed by atoms with Crippen LogP contribution in [0.4, 0.5) is 17.5 Å². The standard InChI is InChI=1S/C15H22ClN7O2S/c1-22-10-11(7-19-22)20-15-18-9-13(16)14(21-15)17-8-12-5-3-4-6-23(12)26(2,24)25/h7,9-10,12H,3-6,8H2,1-2H3,(H2,17,18,20,21)/t12-/m0/s1. The minimum absolute atomic E-state index is 0.112. The molecule has 0 unspecified atom stereocenters. The van der Waals surface area contributed by atoms with Gasteiger partial charge >= 0.3 is 0 Å². The summed E-state index contributed by atoms with van der Waals surface area (Å²) < 4.78 is 27.1. The summed E-state index contributed by atoms with van der Waals surface area (Å²) in [4.78, 5) is 8.53. The molecule has 1 saturated heterocycles. The second-order valence-corrected chi connectivity index (χ2v) is 8.66. The monoisotopic (exact) mass is 399 g/mol. The highest BCUT2D eigenvalue weighted by atomic mass is 35.5. The van der Waals surface area contributed by atoms with Gasteiger partial charge in [-0.2, -0.15) is 14.4 Å². The Labute approximate surface area is 157 Å². The van der Waals surface area contributed by atoms with Gasteiger partial charge in [0.15, 0.2) is 5.82 Å². The van der Waals surface area contributed by atoms with E-state index in [1.165, 1.54) is 12.5 Å².